The predicted molar refractivity (Wildman–Crippen MR) is 130 cm³/mol. The maximum absolute atomic E-state index is 13.3. The Labute approximate surface area is 197 Å². The van der Waals surface area contributed by atoms with Gasteiger partial charge in [-0.3, -0.25) is 9.59 Å². The number of carbonyl (C=O) groups excluding carboxylic acids is 2. The Bertz CT molecular complexity index is 1020. The number of sulfonamides is 1. The topological polar surface area (TPSA) is 86.8 Å². The zero-order valence-electron chi connectivity index (χ0n) is 20.1. The van der Waals surface area contributed by atoms with Gasteiger partial charge in [0.25, 0.3) is 0 Å². The molecule has 2 aromatic carbocycles. The highest BCUT2D eigenvalue weighted by molar-refractivity contribution is 7.89. The van der Waals surface area contributed by atoms with Gasteiger partial charge >= 0.3 is 0 Å². The lowest BCUT2D eigenvalue weighted by Gasteiger charge is -2.32. The minimum absolute atomic E-state index is 0.0674. The van der Waals surface area contributed by atoms with E-state index in [1.165, 1.54) is 24.1 Å². The Kier molecular flexibility index (Phi) is 9.61. The summed E-state index contributed by atoms with van der Waals surface area (Å²) in [6.07, 6.45) is 0.986. The summed E-state index contributed by atoms with van der Waals surface area (Å²) in [6, 6.07) is 15.4. The Morgan fingerprint density at radius 3 is 2.15 bits per heavy atom. The highest BCUT2D eigenvalue weighted by Gasteiger charge is 2.31. The van der Waals surface area contributed by atoms with Crippen molar-refractivity contribution in [2.75, 3.05) is 20.1 Å². The molecule has 2 aromatic rings. The molecule has 0 aromatic heterocycles. The van der Waals surface area contributed by atoms with Gasteiger partial charge < -0.3 is 10.2 Å². The van der Waals surface area contributed by atoms with Crippen molar-refractivity contribution in [3.05, 3.63) is 65.7 Å². The number of benzene rings is 2. The molecule has 0 spiro atoms. The van der Waals surface area contributed by atoms with Crippen molar-refractivity contribution in [3.63, 3.8) is 0 Å². The summed E-state index contributed by atoms with van der Waals surface area (Å²) in [7, 11) is -2.45. The van der Waals surface area contributed by atoms with E-state index < -0.39 is 22.0 Å². The van der Waals surface area contributed by atoms with Crippen LogP contribution in [0.2, 0.25) is 0 Å². The van der Waals surface area contributed by atoms with Gasteiger partial charge in [-0.05, 0) is 51.3 Å². The Morgan fingerprint density at radius 1 is 1.00 bits per heavy atom. The van der Waals surface area contributed by atoms with Crippen molar-refractivity contribution in [1.29, 1.82) is 0 Å². The highest BCUT2D eigenvalue weighted by atomic mass is 32.2. The Balaban J connectivity index is 2.25. The molecule has 1 N–H and O–H groups in total. The predicted octanol–water partition coefficient (Wildman–Crippen LogP) is 2.99. The molecular weight excluding hydrogens is 438 g/mol. The molecule has 0 aliphatic carbocycles. The number of nitrogens with one attached hydrogen (secondary N) is 1. The number of amides is 2. The van der Waals surface area contributed by atoms with E-state index in [0.717, 1.165) is 15.4 Å². The third-order valence-corrected chi connectivity index (χ3v) is 7.21. The molecule has 2 amide bonds. The van der Waals surface area contributed by atoms with E-state index in [1.54, 1.807) is 12.1 Å². The second-order valence-corrected chi connectivity index (χ2v) is 10.5. The maximum atomic E-state index is 13.3. The van der Waals surface area contributed by atoms with Crippen LogP contribution in [-0.4, -0.2) is 61.7 Å². The van der Waals surface area contributed by atoms with Gasteiger partial charge in [-0.1, -0.05) is 55.0 Å². The maximum Gasteiger partial charge on any atom is 0.243 e. The van der Waals surface area contributed by atoms with Gasteiger partial charge in [-0.2, -0.15) is 4.31 Å². The summed E-state index contributed by atoms with van der Waals surface area (Å²) in [5, 5.41) is 2.88. The van der Waals surface area contributed by atoms with Crippen LogP contribution in [0.1, 0.15) is 38.3 Å². The molecule has 0 heterocycles. The molecule has 0 saturated heterocycles. The van der Waals surface area contributed by atoms with Crippen LogP contribution in [0.4, 0.5) is 0 Å². The molecule has 0 aliphatic rings. The largest absolute Gasteiger partial charge is 0.352 e. The van der Waals surface area contributed by atoms with Gasteiger partial charge in [0, 0.05) is 19.6 Å². The second kappa shape index (κ2) is 12.0. The lowest BCUT2D eigenvalue weighted by molar-refractivity contribution is -0.140. The zero-order chi connectivity index (χ0) is 24.6. The molecule has 180 valence electrons. The summed E-state index contributed by atoms with van der Waals surface area (Å²) in [5.41, 5.74) is 1.98. The summed E-state index contributed by atoms with van der Waals surface area (Å²) in [5.74, 6) is -0.646. The SMILES string of the molecule is CC[C@@H](C(=O)NC(C)C)N(CCc1ccccc1)C(=O)CN(C)S(=O)(=O)c1ccc(C)cc1. The van der Waals surface area contributed by atoms with E-state index >= 15 is 0 Å². The quantitative estimate of drug-likeness (QED) is 0.544. The average Bonchev–Trinajstić information content (AvgIpc) is 2.76. The van der Waals surface area contributed by atoms with Crippen LogP contribution in [0.15, 0.2) is 59.5 Å². The van der Waals surface area contributed by atoms with Crippen molar-refractivity contribution in [2.24, 2.45) is 0 Å². The standard InChI is InChI=1S/C25H35N3O4S/c1-6-23(25(30)26-19(2)3)28(17-16-21-10-8-7-9-11-21)24(29)18-27(5)33(31,32)22-14-12-20(4)13-15-22/h7-15,19,23H,6,16-18H2,1-5H3,(H,26,30)/t23-/m0/s1. The summed E-state index contributed by atoms with van der Waals surface area (Å²) in [4.78, 5) is 27.8. The molecule has 0 saturated carbocycles. The molecule has 7 nitrogen and oxygen atoms in total. The molecule has 0 bridgehead atoms. The van der Waals surface area contributed by atoms with Crippen LogP contribution in [0, 0.1) is 6.92 Å². The number of aryl methyl sites for hydroxylation is 1. The zero-order valence-corrected chi connectivity index (χ0v) is 20.9. The van der Waals surface area contributed by atoms with E-state index in [2.05, 4.69) is 5.32 Å². The molecule has 1 atom stereocenters. The highest BCUT2D eigenvalue weighted by Crippen LogP contribution is 2.16. The summed E-state index contributed by atoms with van der Waals surface area (Å²) < 4.78 is 27.0. The van der Waals surface area contributed by atoms with Gasteiger partial charge in [-0.15, -0.1) is 0 Å². The number of hydrogen-bond donors (Lipinski definition) is 1. The van der Waals surface area contributed by atoms with Crippen molar-refractivity contribution >= 4 is 21.8 Å². The Hall–Kier alpha value is -2.71. The molecule has 0 aliphatic heterocycles. The van der Waals surface area contributed by atoms with Crippen molar-refractivity contribution in [3.8, 4) is 0 Å². The molecular formula is C25H35N3O4S. The first-order valence-corrected chi connectivity index (χ1v) is 12.7. The lowest BCUT2D eigenvalue weighted by Crippen LogP contribution is -2.53. The molecule has 2 rings (SSSR count). The van der Waals surface area contributed by atoms with E-state index in [9.17, 15) is 18.0 Å². The fourth-order valence-corrected chi connectivity index (χ4v) is 4.65. The van der Waals surface area contributed by atoms with E-state index in [0.29, 0.717) is 19.4 Å². The van der Waals surface area contributed by atoms with Crippen LogP contribution in [0.25, 0.3) is 0 Å². The van der Waals surface area contributed by atoms with Crippen molar-refractivity contribution < 1.29 is 18.0 Å². The minimum atomic E-state index is -3.84. The molecule has 0 unspecified atom stereocenters. The smallest absolute Gasteiger partial charge is 0.243 e. The number of hydrogen-bond acceptors (Lipinski definition) is 4. The average molecular weight is 474 g/mol. The third kappa shape index (κ3) is 7.40. The van der Waals surface area contributed by atoms with Crippen LogP contribution >= 0.6 is 0 Å². The van der Waals surface area contributed by atoms with Crippen molar-refractivity contribution in [1.82, 2.24) is 14.5 Å². The third-order valence-electron chi connectivity index (χ3n) is 5.39. The van der Waals surface area contributed by atoms with Crippen LogP contribution < -0.4 is 5.32 Å². The molecule has 0 radical (unpaired) electrons. The van der Waals surface area contributed by atoms with Gasteiger partial charge in [0.05, 0.1) is 11.4 Å². The normalized spacial score (nSPS) is 12.6. The van der Waals surface area contributed by atoms with Gasteiger partial charge in [0.15, 0.2) is 0 Å². The van der Waals surface area contributed by atoms with E-state index in [-0.39, 0.29) is 23.4 Å². The first kappa shape index (κ1) is 26.5. The molecule has 33 heavy (non-hydrogen) atoms. The minimum Gasteiger partial charge on any atom is -0.352 e. The monoisotopic (exact) mass is 473 g/mol. The first-order chi connectivity index (χ1) is 15.6. The summed E-state index contributed by atoms with van der Waals surface area (Å²) >= 11 is 0. The first-order valence-electron chi connectivity index (χ1n) is 11.2. The van der Waals surface area contributed by atoms with Gasteiger partial charge in [-0.25, -0.2) is 8.42 Å². The van der Waals surface area contributed by atoms with Crippen molar-refractivity contribution in [2.45, 2.75) is 57.5 Å². The summed E-state index contributed by atoms with van der Waals surface area (Å²) in [6.45, 7) is 7.41. The number of carbonyl (C=O) groups is 2. The van der Waals surface area contributed by atoms with Crippen LogP contribution in [-0.2, 0) is 26.0 Å². The number of nitrogens with zero attached hydrogens (tertiary/aromatic N) is 2. The van der Waals surface area contributed by atoms with E-state index in [1.807, 2.05) is 58.0 Å². The molecule has 8 heteroatoms. The van der Waals surface area contributed by atoms with Crippen LogP contribution in [0.3, 0.4) is 0 Å². The van der Waals surface area contributed by atoms with Crippen LogP contribution in [0.5, 0.6) is 0 Å². The van der Waals surface area contributed by atoms with Gasteiger partial charge in [0.1, 0.15) is 6.04 Å². The number of likely N-dealkylation sites (N-methyl/N-ethyl adjacent to an activating group) is 1. The number of rotatable bonds is 11. The van der Waals surface area contributed by atoms with Gasteiger partial charge in [0.2, 0.25) is 21.8 Å². The fourth-order valence-electron chi connectivity index (χ4n) is 3.53. The second-order valence-electron chi connectivity index (χ2n) is 8.48. The Morgan fingerprint density at radius 2 is 1.61 bits per heavy atom. The van der Waals surface area contributed by atoms with E-state index in [4.69, 9.17) is 0 Å². The fraction of sp³-hybridized carbons (Fsp3) is 0.440. The lowest BCUT2D eigenvalue weighted by atomic mass is 10.1. The molecule has 0 fully saturated rings.